The summed E-state index contributed by atoms with van der Waals surface area (Å²) in [4.78, 5) is 30.5. The molecular formula is C48H44F3N3O6S. The Hall–Kier alpha value is -5.73. The molecule has 3 heterocycles. The van der Waals surface area contributed by atoms with Gasteiger partial charge in [-0.15, -0.1) is 0 Å². The summed E-state index contributed by atoms with van der Waals surface area (Å²) >= 11 is 1.48. The zero-order valence-electron chi connectivity index (χ0n) is 33.3. The molecule has 2 saturated heterocycles. The number of hydrogen-bond acceptors (Lipinski definition) is 8. The van der Waals surface area contributed by atoms with Gasteiger partial charge < -0.3 is 29.2 Å². The van der Waals surface area contributed by atoms with Crippen LogP contribution in [0.2, 0.25) is 0 Å². The minimum atomic E-state index is -5.04. The number of aliphatic hydroxyl groups is 1. The standard InChI is InChI=1S/C48H44F3N3O6S/c1-30-40(29-61-47-53-41(33-12-4-2-5-13-33)43(60-47)34-14-6-3-7-15-34)58-45(59-42(30)35-22-20-31(28-55)21-23-35)38-18-9-17-37(26-38)36-16-8-11-32(25-36)27-52-44(56)39-19-10-24-54(39)46(57)48(49,50)51/h2-9,11-18,20-23,25-26,30,39-40,42,45,55H,10,19,24,27-29H2,1H3,(H,52,56)/t30-,39-,40+,42+,45+/m0/s1. The minimum Gasteiger partial charge on any atom is -0.431 e. The Bertz CT molecular complexity index is 2390. The molecule has 0 radical (unpaired) electrons. The van der Waals surface area contributed by atoms with Crippen LogP contribution in [0.15, 0.2) is 143 Å². The molecule has 6 aromatic rings. The number of ether oxygens (including phenoxy) is 2. The molecule has 8 rings (SSSR count). The van der Waals surface area contributed by atoms with E-state index in [0.29, 0.717) is 28.1 Å². The van der Waals surface area contributed by atoms with E-state index in [1.807, 2.05) is 133 Å². The number of aliphatic hydroxyl groups excluding tert-OH is 1. The van der Waals surface area contributed by atoms with Gasteiger partial charge in [0.25, 0.3) is 5.22 Å². The van der Waals surface area contributed by atoms with Crippen molar-refractivity contribution in [2.24, 2.45) is 5.92 Å². The van der Waals surface area contributed by atoms with Gasteiger partial charge >= 0.3 is 12.1 Å². The van der Waals surface area contributed by atoms with E-state index in [4.69, 9.17) is 18.9 Å². The van der Waals surface area contributed by atoms with Crippen LogP contribution in [-0.2, 0) is 32.2 Å². The highest BCUT2D eigenvalue weighted by Crippen LogP contribution is 2.44. The largest absolute Gasteiger partial charge is 0.471 e. The van der Waals surface area contributed by atoms with Crippen LogP contribution in [-0.4, -0.2) is 57.4 Å². The molecule has 0 unspecified atom stereocenters. The van der Waals surface area contributed by atoms with Crippen molar-refractivity contribution in [3.05, 3.63) is 156 Å². The van der Waals surface area contributed by atoms with Gasteiger partial charge in [0.05, 0.1) is 18.8 Å². The lowest BCUT2D eigenvalue weighted by Crippen LogP contribution is -2.50. The summed E-state index contributed by atoms with van der Waals surface area (Å²) in [5.74, 6) is -1.48. The van der Waals surface area contributed by atoms with Crippen LogP contribution in [0, 0.1) is 5.92 Å². The highest BCUT2D eigenvalue weighted by Gasteiger charge is 2.47. The van der Waals surface area contributed by atoms with Crippen LogP contribution >= 0.6 is 11.8 Å². The molecule has 2 amide bonds. The lowest BCUT2D eigenvalue weighted by atomic mass is 9.91. The number of likely N-dealkylation sites (tertiary alicyclic amines) is 1. The molecule has 2 N–H and O–H groups in total. The van der Waals surface area contributed by atoms with Crippen molar-refractivity contribution < 1.29 is 41.8 Å². The van der Waals surface area contributed by atoms with E-state index in [0.717, 1.165) is 50.2 Å². The van der Waals surface area contributed by atoms with Gasteiger partial charge in [-0.25, -0.2) is 4.98 Å². The Balaban J connectivity index is 1.02. The molecule has 61 heavy (non-hydrogen) atoms. The van der Waals surface area contributed by atoms with E-state index in [9.17, 15) is 27.9 Å². The Morgan fingerprint density at radius 2 is 1.48 bits per heavy atom. The number of nitrogens with zero attached hydrogens (tertiary/aromatic N) is 2. The summed E-state index contributed by atoms with van der Waals surface area (Å²) in [6.45, 7) is 1.99. The summed E-state index contributed by atoms with van der Waals surface area (Å²) in [7, 11) is 0. The number of halogens is 3. The number of carbonyl (C=O) groups is 2. The average Bonchev–Trinajstić information content (AvgIpc) is 3.97. The van der Waals surface area contributed by atoms with E-state index in [2.05, 4.69) is 12.2 Å². The zero-order valence-corrected chi connectivity index (χ0v) is 34.1. The molecule has 2 aliphatic heterocycles. The van der Waals surface area contributed by atoms with Crippen molar-refractivity contribution in [1.29, 1.82) is 0 Å². The molecule has 5 aromatic carbocycles. The van der Waals surface area contributed by atoms with Crippen molar-refractivity contribution in [3.63, 3.8) is 0 Å². The molecule has 0 spiro atoms. The Morgan fingerprint density at radius 3 is 2.18 bits per heavy atom. The molecule has 314 valence electrons. The number of carbonyl (C=O) groups excluding carboxylic acids is 2. The SMILES string of the molecule is C[C@H]1[C@@H](CSc2nc(-c3ccccc3)c(-c3ccccc3)o2)O[C@@H](c2cccc(-c3cccc(CNC(=O)[C@@H]4CCCN4C(=O)C(F)(F)F)c3)c2)O[C@H]1c1ccc(CO)cc1. The third-order valence-corrected chi connectivity index (χ3v) is 12.0. The second-order valence-corrected chi connectivity index (χ2v) is 16.2. The number of alkyl halides is 3. The number of nitrogens with one attached hydrogen (secondary N) is 1. The quantitative estimate of drug-likeness (QED) is 0.117. The number of oxazole rings is 1. The number of hydrogen-bond donors (Lipinski definition) is 2. The third kappa shape index (κ3) is 9.60. The minimum absolute atomic E-state index is 0.0686. The lowest BCUT2D eigenvalue weighted by molar-refractivity contribution is -0.268. The maximum Gasteiger partial charge on any atom is 0.471 e. The van der Waals surface area contributed by atoms with E-state index in [1.54, 1.807) is 0 Å². The molecule has 0 saturated carbocycles. The van der Waals surface area contributed by atoms with Crippen molar-refractivity contribution in [1.82, 2.24) is 15.2 Å². The van der Waals surface area contributed by atoms with Crippen molar-refractivity contribution >= 4 is 23.6 Å². The lowest BCUT2D eigenvalue weighted by Gasteiger charge is -2.41. The van der Waals surface area contributed by atoms with Gasteiger partial charge in [-0.1, -0.05) is 140 Å². The fourth-order valence-corrected chi connectivity index (χ4v) is 8.87. The fraction of sp³-hybridized carbons (Fsp3) is 0.271. The Kier molecular flexibility index (Phi) is 12.7. The van der Waals surface area contributed by atoms with E-state index in [-0.39, 0.29) is 44.2 Å². The molecule has 2 aliphatic rings. The second-order valence-electron chi connectivity index (χ2n) is 15.2. The van der Waals surface area contributed by atoms with Crippen LogP contribution < -0.4 is 5.32 Å². The van der Waals surface area contributed by atoms with Crippen LogP contribution in [0.1, 0.15) is 54.4 Å². The maximum absolute atomic E-state index is 13.2. The fourth-order valence-electron chi connectivity index (χ4n) is 7.88. The first-order chi connectivity index (χ1) is 29.6. The monoisotopic (exact) mass is 847 g/mol. The smallest absolute Gasteiger partial charge is 0.431 e. The molecule has 9 nitrogen and oxygen atoms in total. The van der Waals surface area contributed by atoms with Crippen LogP contribution in [0.5, 0.6) is 0 Å². The molecule has 5 atom stereocenters. The van der Waals surface area contributed by atoms with Gasteiger partial charge in [0.2, 0.25) is 5.91 Å². The summed E-state index contributed by atoms with van der Waals surface area (Å²) in [6.07, 6.45) is -5.94. The predicted molar refractivity (Wildman–Crippen MR) is 226 cm³/mol. The number of benzene rings is 5. The van der Waals surface area contributed by atoms with Crippen LogP contribution in [0.3, 0.4) is 0 Å². The maximum atomic E-state index is 13.2. The zero-order chi connectivity index (χ0) is 42.5. The van der Waals surface area contributed by atoms with Gasteiger partial charge in [-0.05, 0) is 52.8 Å². The highest BCUT2D eigenvalue weighted by atomic mass is 32.2. The van der Waals surface area contributed by atoms with Crippen molar-refractivity contribution in [2.75, 3.05) is 12.3 Å². The van der Waals surface area contributed by atoms with E-state index < -0.39 is 30.3 Å². The molecule has 1 aromatic heterocycles. The first-order valence-electron chi connectivity index (χ1n) is 20.2. The van der Waals surface area contributed by atoms with Gasteiger partial charge in [0, 0.05) is 41.5 Å². The average molecular weight is 848 g/mol. The number of rotatable bonds is 12. The predicted octanol–water partition coefficient (Wildman–Crippen LogP) is 9.92. The van der Waals surface area contributed by atoms with Crippen molar-refractivity contribution in [3.8, 4) is 33.7 Å². The van der Waals surface area contributed by atoms with Gasteiger partial charge in [-0.2, -0.15) is 13.2 Å². The number of amides is 2. The Labute approximate surface area is 355 Å². The van der Waals surface area contributed by atoms with Crippen LogP contribution in [0.4, 0.5) is 13.2 Å². The van der Waals surface area contributed by atoms with E-state index >= 15 is 0 Å². The molecule has 0 bridgehead atoms. The van der Waals surface area contributed by atoms with E-state index in [1.165, 1.54) is 11.8 Å². The molecule has 13 heteroatoms. The summed E-state index contributed by atoms with van der Waals surface area (Å²) in [6, 6.07) is 41.8. The Morgan fingerprint density at radius 1 is 0.803 bits per heavy atom. The van der Waals surface area contributed by atoms with Crippen LogP contribution in [0.25, 0.3) is 33.7 Å². The highest BCUT2D eigenvalue weighted by molar-refractivity contribution is 7.99. The summed E-state index contributed by atoms with van der Waals surface area (Å²) in [5.41, 5.74) is 7.64. The number of thioether (sulfide) groups is 1. The second kappa shape index (κ2) is 18.5. The summed E-state index contributed by atoms with van der Waals surface area (Å²) < 4.78 is 59.5. The molecule has 2 fully saturated rings. The van der Waals surface area contributed by atoms with Gasteiger partial charge in [0.1, 0.15) is 11.7 Å². The third-order valence-electron chi connectivity index (χ3n) is 11.1. The number of aromatic nitrogens is 1. The normalized spacial score (nSPS) is 20.4. The van der Waals surface area contributed by atoms with Gasteiger partial charge in [-0.3, -0.25) is 9.59 Å². The molecule has 0 aliphatic carbocycles. The summed E-state index contributed by atoms with van der Waals surface area (Å²) in [5, 5.41) is 13.0. The van der Waals surface area contributed by atoms with Gasteiger partial charge in [0.15, 0.2) is 12.1 Å². The first-order valence-corrected chi connectivity index (χ1v) is 21.1. The molecular weight excluding hydrogens is 804 g/mol. The first kappa shape index (κ1) is 42.0. The van der Waals surface area contributed by atoms with Crippen molar-refractivity contribution in [2.45, 2.75) is 68.9 Å². The topological polar surface area (TPSA) is 114 Å².